The summed E-state index contributed by atoms with van der Waals surface area (Å²) in [5, 5.41) is 2.78. The van der Waals surface area contributed by atoms with Gasteiger partial charge in [-0.25, -0.2) is 4.39 Å². The van der Waals surface area contributed by atoms with Gasteiger partial charge in [-0.2, -0.15) is 0 Å². The van der Waals surface area contributed by atoms with E-state index in [4.69, 9.17) is 18.0 Å². The minimum absolute atomic E-state index is 0.208. The first-order valence-electron chi connectivity index (χ1n) is 7.33. The van der Waals surface area contributed by atoms with Gasteiger partial charge in [0, 0.05) is 5.69 Å². The molecule has 0 aromatic heterocycles. The summed E-state index contributed by atoms with van der Waals surface area (Å²) in [6, 6.07) is 4.67. The summed E-state index contributed by atoms with van der Waals surface area (Å²) in [6.45, 7) is 1.68. The highest BCUT2D eigenvalue weighted by atomic mass is 32.1. The Kier molecular flexibility index (Phi) is 4.93. The molecule has 1 aliphatic carbocycles. The van der Waals surface area contributed by atoms with Gasteiger partial charge in [-0.15, -0.1) is 0 Å². The van der Waals surface area contributed by atoms with Crippen molar-refractivity contribution in [2.24, 2.45) is 11.1 Å². The van der Waals surface area contributed by atoms with Crippen molar-refractivity contribution < 1.29 is 9.18 Å². The number of anilines is 1. The topological polar surface area (TPSA) is 55.1 Å². The average molecular weight is 308 g/mol. The molecule has 21 heavy (non-hydrogen) atoms. The van der Waals surface area contributed by atoms with E-state index in [-0.39, 0.29) is 16.7 Å². The Labute approximate surface area is 130 Å². The van der Waals surface area contributed by atoms with Crippen molar-refractivity contribution >= 4 is 28.8 Å². The van der Waals surface area contributed by atoms with Crippen LogP contribution in [0.2, 0.25) is 0 Å². The van der Waals surface area contributed by atoms with Gasteiger partial charge in [-0.3, -0.25) is 4.79 Å². The standard InChI is InChI=1S/C16H21FN2OS/c1-11-6-7-12(10-13(11)17)19-15(20)16(14(18)21)8-4-2-3-5-9-16/h6-7,10H,2-5,8-9H2,1H3,(H2,18,21)(H,19,20). The smallest absolute Gasteiger partial charge is 0.237 e. The van der Waals surface area contributed by atoms with Crippen molar-refractivity contribution in [3.8, 4) is 0 Å². The number of rotatable bonds is 3. The maximum Gasteiger partial charge on any atom is 0.237 e. The molecule has 3 nitrogen and oxygen atoms in total. The molecule has 5 heteroatoms. The van der Waals surface area contributed by atoms with E-state index in [2.05, 4.69) is 5.32 Å². The molecule has 0 spiro atoms. The van der Waals surface area contributed by atoms with Gasteiger partial charge >= 0.3 is 0 Å². The first-order chi connectivity index (χ1) is 9.95. The van der Waals surface area contributed by atoms with E-state index >= 15 is 0 Å². The average Bonchev–Trinajstić information content (AvgIpc) is 2.69. The summed E-state index contributed by atoms with van der Waals surface area (Å²) < 4.78 is 13.6. The third kappa shape index (κ3) is 3.40. The molecule has 0 radical (unpaired) electrons. The number of amides is 1. The van der Waals surface area contributed by atoms with Gasteiger partial charge in [0.15, 0.2) is 0 Å². The van der Waals surface area contributed by atoms with Crippen LogP contribution in [0.15, 0.2) is 18.2 Å². The van der Waals surface area contributed by atoms with Crippen LogP contribution in [0.3, 0.4) is 0 Å². The lowest BCUT2D eigenvalue weighted by molar-refractivity contribution is -0.122. The zero-order valence-corrected chi connectivity index (χ0v) is 13.1. The lowest BCUT2D eigenvalue weighted by Crippen LogP contribution is -2.45. The predicted octanol–water partition coefficient (Wildman–Crippen LogP) is 3.70. The number of hydrogen-bond acceptors (Lipinski definition) is 2. The number of benzene rings is 1. The van der Waals surface area contributed by atoms with Crippen LogP contribution in [0, 0.1) is 18.2 Å². The lowest BCUT2D eigenvalue weighted by atomic mass is 9.79. The summed E-state index contributed by atoms with van der Waals surface area (Å²) in [4.78, 5) is 12.9. The van der Waals surface area contributed by atoms with Crippen LogP contribution < -0.4 is 11.1 Å². The number of nitrogens with two attached hydrogens (primary N) is 1. The number of carbonyl (C=O) groups excluding carboxylic acids is 1. The predicted molar refractivity (Wildman–Crippen MR) is 86.7 cm³/mol. The highest BCUT2D eigenvalue weighted by molar-refractivity contribution is 7.80. The molecule has 1 saturated carbocycles. The van der Waals surface area contributed by atoms with E-state index in [0.717, 1.165) is 25.7 Å². The van der Waals surface area contributed by atoms with Gasteiger partial charge in [0.2, 0.25) is 5.91 Å². The van der Waals surface area contributed by atoms with E-state index in [9.17, 15) is 9.18 Å². The molecule has 0 atom stereocenters. The molecule has 2 rings (SSSR count). The molecule has 0 aliphatic heterocycles. The van der Waals surface area contributed by atoms with Gasteiger partial charge in [-0.1, -0.05) is 44.0 Å². The SMILES string of the molecule is Cc1ccc(NC(=O)C2(C(N)=S)CCCCCC2)cc1F. The molecule has 0 unspecified atom stereocenters. The van der Waals surface area contributed by atoms with Crippen molar-refractivity contribution in [1.29, 1.82) is 0 Å². The first kappa shape index (κ1) is 15.9. The maximum absolute atomic E-state index is 13.6. The van der Waals surface area contributed by atoms with Gasteiger partial charge in [0.1, 0.15) is 5.82 Å². The van der Waals surface area contributed by atoms with E-state index in [0.29, 0.717) is 24.1 Å². The summed E-state index contributed by atoms with van der Waals surface area (Å²) in [5.74, 6) is -0.543. The van der Waals surface area contributed by atoms with Crippen molar-refractivity contribution in [2.45, 2.75) is 45.4 Å². The van der Waals surface area contributed by atoms with Crippen LogP contribution in [0.4, 0.5) is 10.1 Å². The molecule has 0 saturated heterocycles. The highest BCUT2D eigenvalue weighted by Crippen LogP contribution is 2.36. The van der Waals surface area contributed by atoms with E-state index in [1.165, 1.54) is 6.07 Å². The molecule has 0 bridgehead atoms. The summed E-state index contributed by atoms with van der Waals surface area (Å²) in [6.07, 6.45) is 5.40. The van der Waals surface area contributed by atoms with Gasteiger partial charge in [0.05, 0.1) is 10.4 Å². The van der Waals surface area contributed by atoms with Gasteiger partial charge in [0.25, 0.3) is 0 Å². The third-order valence-corrected chi connectivity index (χ3v) is 4.68. The Morgan fingerprint density at radius 1 is 1.29 bits per heavy atom. The fraction of sp³-hybridized carbons (Fsp3) is 0.500. The molecular formula is C16H21FN2OS. The largest absolute Gasteiger partial charge is 0.392 e. The van der Waals surface area contributed by atoms with Crippen LogP contribution in [-0.2, 0) is 4.79 Å². The van der Waals surface area contributed by atoms with Crippen LogP contribution in [0.1, 0.15) is 44.1 Å². The Balaban J connectivity index is 2.22. The molecule has 1 aromatic carbocycles. The van der Waals surface area contributed by atoms with E-state index in [1.807, 2.05) is 0 Å². The first-order valence-corrected chi connectivity index (χ1v) is 7.74. The summed E-state index contributed by atoms with van der Waals surface area (Å²) in [7, 11) is 0. The maximum atomic E-state index is 13.6. The second kappa shape index (κ2) is 6.52. The van der Waals surface area contributed by atoms with E-state index in [1.54, 1.807) is 19.1 Å². The van der Waals surface area contributed by atoms with Crippen LogP contribution in [0.25, 0.3) is 0 Å². The fourth-order valence-corrected chi connectivity index (χ4v) is 3.14. The molecular weight excluding hydrogens is 287 g/mol. The van der Waals surface area contributed by atoms with Gasteiger partial charge < -0.3 is 11.1 Å². The minimum Gasteiger partial charge on any atom is -0.392 e. The molecule has 0 heterocycles. The lowest BCUT2D eigenvalue weighted by Gasteiger charge is -2.30. The number of thiocarbonyl (C=S) groups is 1. The van der Waals surface area contributed by atoms with Crippen molar-refractivity contribution in [2.75, 3.05) is 5.32 Å². The Morgan fingerprint density at radius 2 is 1.90 bits per heavy atom. The molecule has 114 valence electrons. The summed E-state index contributed by atoms with van der Waals surface area (Å²) >= 11 is 5.17. The van der Waals surface area contributed by atoms with Gasteiger partial charge in [-0.05, 0) is 37.5 Å². The minimum atomic E-state index is -0.798. The molecule has 1 fully saturated rings. The quantitative estimate of drug-likeness (QED) is 0.661. The fourth-order valence-electron chi connectivity index (χ4n) is 2.84. The van der Waals surface area contributed by atoms with Crippen LogP contribution in [0.5, 0.6) is 0 Å². The van der Waals surface area contributed by atoms with Crippen molar-refractivity contribution in [3.63, 3.8) is 0 Å². The molecule has 1 aliphatic rings. The zero-order valence-electron chi connectivity index (χ0n) is 12.2. The number of halogens is 1. The number of nitrogens with one attached hydrogen (secondary N) is 1. The third-order valence-electron chi connectivity index (χ3n) is 4.29. The number of carbonyl (C=O) groups is 1. The number of hydrogen-bond donors (Lipinski definition) is 2. The Morgan fingerprint density at radius 3 is 2.43 bits per heavy atom. The number of aryl methyl sites for hydroxylation is 1. The Bertz CT molecular complexity index is 551. The Hall–Kier alpha value is -1.49. The normalized spacial score (nSPS) is 17.8. The second-order valence-corrected chi connectivity index (χ2v) is 6.22. The second-order valence-electron chi connectivity index (χ2n) is 5.78. The van der Waals surface area contributed by atoms with Crippen molar-refractivity contribution in [1.82, 2.24) is 0 Å². The van der Waals surface area contributed by atoms with Crippen LogP contribution in [-0.4, -0.2) is 10.9 Å². The summed E-state index contributed by atoms with van der Waals surface area (Å²) in [5.41, 5.74) is 6.07. The molecule has 3 N–H and O–H groups in total. The van der Waals surface area contributed by atoms with Crippen LogP contribution >= 0.6 is 12.2 Å². The zero-order chi connectivity index (χ0) is 15.5. The monoisotopic (exact) mass is 308 g/mol. The van der Waals surface area contributed by atoms with Crippen molar-refractivity contribution in [3.05, 3.63) is 29.6 Å². The van der Waals surface area contributed by atoms with E-state index < -0.39 is 5.41 Å². The highest BCUT2D eigenvalue weighted by Gasteiger charge is 2.41. The molecule has 1 aromatic rings. The molecule has 1 amide bonds.